The molecule has 0 atom stereocenters. The molecule has 0 spiro atoms. The summed E-state index contributed by atoms with van der Waals surface area (Å²) in [5.74, 6) is 0.0620. The van der Waals surface area contributed by atoms with Crippen LogP contribution in [0.1, 0.15) is 32.6 Å². The van der Waals surface area contributed by atoms with Crippen LogP contribution in [-0.4, -0.2) is 37.1 Å². The van der Waals surface area contributed by atoms with E-state index in [4.69, 9.17) is 0 Å². The third-order valence-electron chi connectivity index (χ3n) is 3.14. The summed E-state index contributed by atoms with van der Waals surface area (Å²) < 4.78 is 0. The van der Waals surface area contributed by atoms with Crippen molar-refractivity contribution in [2.24, 2.45) is 0 Å². The van der Waals surface area contributed by atoms with Crippen molar-refractivity contribution in [3.8, 4) is 0 Å². The van der Waals surface area contributed by atoms with Gasteiger partial charge in [0.25, 0.3) is 0 Å². The summed E-state index contributed by atoms with van der Waals surface area (Å²) in [7, 11) is 2.00. The molecule has 0 fully saturated rings. The van der Waals surface area contributed by atoms with Gasteiger partial charge in [0.15, 0.2) is 5.12 Å². The van der Waals surface area contributed by atoms with Crippen molar-refractivity contribution in [2.75, 3.05) is 17.6 Å². The Bertz CT molecular complexity index is 535. The Morgan fingerprint density at radius 2 is 1.74 bits per heavy atom. The molecule has 1 aromatic carbocycles. The predicted octanol–water partition coefficient (Wildman–Crippen LogP) is 0.840. The van der Waals surface area contributed by atoms with Crippen LogP contribution < -0.4 is 16.1 Å². The molecule has 0 saturated heterocycles. The fraction of sp³-hybridized carbons (Fsp3) is 0.438. The first-order chi connectivity index (χ1) is 11.0. The SMILES string of the molecule is Bc1ccc(NC(=O)CCCCCNC(=O)CSC(C)=O)cc1. The molecule has 1 rings (SSSR count). The van der Waals surface area contributed by atoms with Crippen LogP contribution in [0.4, 0.5) is 5.69 Å². The van der Waals surface area contributed by atoms with Crippen molar-refractivity contribution < 1.29 is 14.4 Å². The quantitative estimate of drug-likeness (QED) is 0.518. The second kappa shape index (κ2) is 10.9. The molecule has 0 bridgehead atoms. The molecule has 0 saturated carbocycles. The number of nitrogens with one attached hydrogen (secondary N) is 2. The molecule has 7 heteroatoms. The van der Waals surface area contributed by atoms with Crippen LogP contribution in [0.2, 0.25) is 0 Å². The van der Waals surface area contributed by atoms with Crippen LogP contribution in [0.3, 0.4) is 0 Å². The van der Waals surface area contributed by atoms with E-state index in [1.807, 2.05) is 32.1 Å². The Labute approximate surface area is 142 Å². The second-order valence-corrected chi connectivity index (χ2v) is 6.51. The van der Waals surface area contributed by atoms with Gasteiger partial charge in [-0.3, -0.25) is 14.4 Å². The first-order valence-electron chi connectivity index (χ1n) is 7.74. The fourth-order valence-electron chi connectivity index (χ4n) is 1.89. The van der Waals surface area contributed by atoms with Crippen molar-refractivity contribution in [1.29, 1.82) is 0 Å². The highest BCUT2D eigenvalue weighted by atomic mass is 32.2. The highest BCUT2D eigenvalue weighted by Gasteiger charge is 2.04. The zero-order valence-corrected chi connectivity index (χ0v) is 14.5. The van der Waals surface area contributed by atoms with Crippen molar-refractivity contribution in [3.63, 3.8) is 0 Å². The van der Waals surface area contributed by atoms with Gasteiger partial charge in [0.05, 0.1) is 5.75 Å². The Balaban J connectivity index is 2.04. The number of carbonyl (C=O) groups excluding carboxylic acids is 3. The molecule has 0 aliphatic carbocycles. The van der Waals surface area contributed by atoms with Crippen molar-refractivity contribution in [3.05, 3.63) is 24.3 Å². The minimum absolute atomic E-state index is 0.00995. The third-order valence-corrected chi connectivity index (χ3v) is 3.96. The number of anilines is 1. The highest BCUT2D eigenvalue weighted by Crippen LogP contribution is 2.06. The lowest BCUT2D eigenvalue weighted by Crippen LogP contribution is -2.26. The summed E-state index contributed by atoms with van der Waals surface area (Å²) in [4.78, 5) is 33.9. The van der Waals surface area contributed by atoms with Crippen LogP contribution >= 0.6 is 11.8 Å². The lowest BCUT2D eigenvalue weighted by molar-refractivity contribution is -0.119. The molecule has 0 aromatic heterocycles. The van der Waals surface area contributed by atoms with Crippen molar-refractivity contribution in [2.45, 2.75) is 32.6 Å². The predicted molar refractivity (Wildman–Crippen MR) is 97.9 cm³/mol. The van der Waals surface area contributed by atoms with E-state index in [1.54, 1.807) is 0 Å². The molecule has 23 heavy (non-hydrogen) atoms. The topological polar surface area (TPSA) is 75.3 Å². The van der Waals surface area contributed by atoms with Crippen molar-refractivity contribution in [1.82, 2.24) is 5.32 Å². The van der Waals surface area contributed by atoms with E-state index in [0.29, 0.717) is 13.0 Å². The zero-order chi connectivity index (χ0) is 17.1. The number of unbranched alkanes of at least 4 members (excludes halogenated alkanes) is 2. The summed E-state index contributed by atoms with van der Waals surface area (Å²) >= 11 is 1.01. The largest absolute Gasteiger partial charge is 0.355 e. The van der Waals surface area contributed by atoms with Gasteiger partial charge in [0.1, 0.15) is 7.85 Å². The Hall–Kier alpha value is -1.76. The lowest BCUT2D eigenvalue weighted by atomic mass is 9.96. The monoisotopic (exact) mass is 334 g/mol. The summed E-state index contributed by atoms with van der Waals surface area (Å²) in [6, 6.07) is 7.70. The minimum Gasteiger partial charge on any atom is -0.355 e. The molecule has 1 aromatic rings. The van der Waals surface area contributed by atoms with Gasteiger partial charge >= 0.3 is 0 Å². The summed E-state index contributed by atoms with van der Waals surface area (Å²) in [5.41, 5.74) is 1.97. The molecular weight excluding hydrogens is 311 g/mol. The van der Waals surface area contributed by atoms with Crippen molar-refractivity contribution >= 4 is 47.7 Å². The fourth-order valence-corrected chi connectivity index (χ4v) is 2.33. The van der Waals surface area contributed by atoms with Gasteiger partial charge < -0.3 is 10.6 Å². The molecule has 124 valence electrons. The first-order valence-corrected chi connectivity index (χ1v) is 8.72. The second-order valence-electron chi connectivity index (χ2n) is 5.36. The first kappa shape index (κ1) is 19.3. The normalized spacial score (nSPS) is 10.1. The average Bonchev–Trinajstić information content (AvgIpc) is 2.51. The molecule has 0 radical (unpaired) electrons. The van der Waals surface area contributed by atoms with Crippen LogP contribution in [0.15, 0.2) is 24.3 Å². The van der Waals surface area contributed by atoms with E-state index in [2.05, 4.69) is 10.6 Å². The lowest BCUT2D eigenvalue weighted by Gasteiger charge is -2.06. The van der Waals surface area contributed by atoms with Gasteiger partial charge in [-0.05, 0) is 25.0 Å². The number of carbonyl (C=O) groups is 3. The smallest absolute Gasteiger partial charge is 0.230 e. The van der Waals surface area contributed by atoms with Gasteiger partial charge in [0.2, 0.25) is 11.8 Å². The molecule has 0 unspecified atom stereocenters. The number of benzene rings is 1. The van der Waals surface area contributed by atoms with Crippen LogP contribution in [-0.2, 0) is 14.4 Å². The van der Waals surface area contributed by atoms with Gasteiger partial charge in [-0.2, -0.15) is 0 Å². The minimum atomic E-state index is -0.123. The number of rotatable bonds is 9. The van der Waals surface area contributed by atoms with Crippen LogP contribution in [0.25, 0.3) is 0 Å². The third kappa shape index (κ3) is 9.78. The maximum atomic E-state index is 11.8. The molecule has 2 N–H and O–H groups in total. The maximum Gasteiger partial charge on any atom is 0.230 e. The molecule has 0 aliphatic heterocycles. The summed E-state index contributed by atoms with van der Waals surface area (Å²) in [6.07, 6.45) is 2.97. The van der Waals surface area contributed by atoms with Gasteiger partial charge in [-0.25, -0.2) is 0 Å². The van der Waals surface area contributed by atoms with Crippen LogP contribution in [0, 0.1) is 0 Å². The molecule has 5 nitrogen and oxygen atoms in total. The zero-order valence-electron chi connectivity index (χ0n) is 13.7. The van der Waals surface area contributed by atoms with Gasteiger partial charge in [-0.15, -0.1) is 0 Å². The molecule has 2 amide bonds. The van der Waals surface area contributed by atoms with Crippen LogP contribution in [0.5, 0.6) is 0 Å². The number of amides is 2. The molecule has 0 heterocycles. The van der Waals surface area contributed by atoms with E-state index in [9.17, 15) is 14.4 Å². The average molecular weight is 334 g/mol. The standard InChI is InChI=1S/C16H23BN2O3S/c1-12(20)23-11-16(22)18-10-4-2-3-5-15(21)19-14-8-6-13(17)7-9-14/h6-9H,2-5,10-11,17H2,1H3,(H,18,22)(H,19,21). The van der Waals surface area contributed by atoms with E-state index in [1.165, 1.54) is 6.92 Å². The van der Waals surface area contributed by atoms with E-state index in [0.717, 1.165) is 42.2 Å². The number of hydrogen-bond acceptors (Lipinski definition) is 4. The molecule has 0 aliphatic rings. The Morgan fingerprint density at radius 1 is 1.04 bits per heavy atom. The van der Waals surface area contributed by atoms with E-state index >= 15 is 0 Å². The Morgan fingerprint density at radius 3 is 2.39 bits per heavy atom. The summed E-state index contributed by atoms with van der Waals surface area (Å²) in [5, 5.41) is 5.57. The molecular formula is C16H23BN2O3S. The maximum absolute atomic E-state index is 11.8. The summed E-state index contributed by atoms with van der Waals surface area (Å²) in [6.45, 7) is 2.02. The Kier molecular flexibility index (Phi) is 9.13. The van der Waals surface area contributed by atoms with E-state index in [-0.39, 0.29) is 22.7 Å². The number of thioether (sulfide) groups is 1. The van der Waals surface area contributed by atoms with E-state index < -0.39 is 0 Å². The van der Waals surface area contributed by atoms with Gasteiger partial charge in [0, 0.05) is 25.6 Å². The number of hydrogen-bond donors (Lipinski definition) is 2. The highest BCUT2D eigenvalue weighted by molar-refractivity contribution is 8.14. The van der Waals surface area contributed by atoms with Gasteiger partial charge in [-0.1, -0.05) is 35.8 Å².